The Kier molecular flexibility index (Phi) is 4.10. The molecular weight excluding hydrogens is 332 g/mol. The highest BCUT2D eigenvalue weighted by atomic mass is 35.5. The summed E-state index contributed by atoms with van der Waals surface area (Å²) in [5.74, 6) is 0.0653. The fourth-order valence-electron chi connectivity index (χ4n) is 3.60. The number of hydrogen-bond acceptors (Lipinski definition) is 1. The lowest BCUT2D eigenvalue weighted by molar-refractivity contribution is 0.0663. The Hall–Kier alpha value is -2.52. The van der Waals surface area contributed by atoms with Crippen molar-refractivity contribution >= 4 is 17.5 Å². The molecule has 0 fully saturated rings. The Balaban J connectivity index is 1.81. The zero-order valence-corrected chi connectivity index (χ0v) is 14.8. The van der Waals surface area contributed by atoms with Crippen LogP contribution in [0.4, 0.5) is 0 Å². The molecule has 4 heteroatoms. The number of fused-ring (bicyclic) bond motifs is 1. The molecule has 0 bridgehead atoms. The van der Waals surface area contributed by atoms with E-state index in [0.29, 0.717) is 11.6 Å². The minimum Gasteiger partial charge on any atom is -0.348 e. The van der Waals surface area contributed by atoms with E-state index in [1.165, 1.54) is 0 Å². The number of carbonyl (C=O) groups excluding carboxylic acids is 1. The van der Waals surface area contributed by atoms with Crippen LogP contribution in [0.25, 0.3) is 0 Å². The minimum absolute atomic E-state index is 0.0653. The summed E-state index contributed by atoms with van der Waals surface area (Å²) < 4.78 is 2.22. The molecule has 1 atom stereocenters. The van der Waals surface area contributed by atoms with E-state index >= 15 is 0 Å². The van der Waals surface area contributed by atoms with Gasteiger partial charge >= 0.3 is 0 Å². The van der Waals surface area contributed by atoms with Gasteiger partial charge in [0.05, 0.1) is 6.04 Å². The Morgan fingerprint density at radius 2 is 1.88 bits per heavy atom. The van der Waals surface area contributed by atoms with Gasteiger partial charge in [-0.05, 0) is 48.4 Å². The summed E-state index contributed by atoms with van der Waals surface area (Å²) in [7, 11) is 0. The molecule has 0 spiro atoms. The number of aromatic nitrogens is 1. The summed E-state index contributed by atoms with van der Waals surface area (Å²) in [5, 5.41) is 0.685. The summed E-state index contributed by atoms with van der Waals surface area (Å²) in [6.45, 7) is 3.46. The monoisotopic (exact) mass is 350 g/mol. The molecule has 1 amide bonds. The van der Waals surface area contributed by atoms with Crippen molar-refractivity contribution < 1.29 is 4.79 Å². The lowest BCUT2D eigenvalue weighted by atomic mass is 9.98. The number of nitrogens with zero attached hydrogens (tertiary/aromatic N) is 2. The van der Waals surface area contributed by atoms with Crippen LogP contribution in [0.1, 0.15) is 33.2 Å². The SMILES string of the molecule is Cc1ccccc1C(=O)N1CCn2cccc2C1c1cccc(Cl)c1. The van der Waals surface area contributed by atoms with Crippen molar-refractivity contribution in [3.8, 4) is 0 Å². The van der Waals surface area contributed by atoms with Crippen molar-refractivity contribution in [2.75, 3.05) is 6.54 Å². The van der Waals surface area contributed by atoms with Crippen molar-refractivity contribution in [2.45, 2.75) is 19.5 Å². The molecule has 0 radical (unpaired) electrons. The molecule has 4 rings (SSSR count). The van der Waals surface area contributed by atoms with Crippen LogP contribution in [0.15, 0.2) is 66.9 Å². The third-order valence-electron chi connectivity index (χ3n) is 4.84. The molecular formula is C21H19ClN2O. The maximum atomic E-state index is 13.3. The standard InChI is InChI=1S/C21H19ClN2O/c1-15-6-2-3-9-18(15)21(25)24-13-12-23-11-5-10-19(23)20(24)16-7-4-8-17(22)14-16/h2-11,14,20H,12-13H2,1H3. The van der Waals surface area contributed by atoms with Crippen LogP contribution in [0.2, 0.25) is 5.02 Å². The Bertz CT molecular complexity index is 931. The molecule has 1 unspecified atom stereocenters. The molecule has 0 saturated heterocycles. The lowest BCUT2D eigenvalue weighted by Gasteiger charge is -2.37. The van der Waals surface area contributed by atoms with E-state index in [2.05, 4.69) is 16.8 Å². The topological polar surface area (TPSA) is 25.2 Å². The number of benzene rings is 2. The van der Waals surface area contributed by atoms with Gasteiger partial charge < -0.3 is 9.47 Å². The predicted octanol–water partition coefficient (Wildman–Crippen LogP) is 4.70. The molecule has 1 aliphatic rings. The van der Waals surface area contributed by atoms with Gasteiger partial charge in [-0.25, -0.2) is 0 Å². The second-order valence-electron chi connectivity index (χ2n) is 6.40. The van der Waals surface area contributed by atoms with Crippen molar-refractivity contribution in [1.82, 2.24) is 9.47 Å². The van der Waals surface area contributed by atoms with E-state index in [9.17, 15) is 4.79 Å². The summed E-state index contributed by atoms with van der Waals surface area (Å²) in [5.41, 5.74) is 3.91. The minimum atomic E-state index is -0.130. The lowest BCUT2D eigenvalue weighted by Crippen LogP contribution is -2.42. The van der Waals surface area contributed by atoms with Gasteiger partial charge in [0.2, 0.25) is 0 Å². The van der Waals surface area contributed by atoms with E-state index in [4.69, 9.17) is 11.6 Å². The van der Waals surface area contributed by atoms with Crippen molar-refractivity contribution in [1.29, 1.82) is 0 Å². The maximum absolute atomic E-state index is 13.3. The van der Waals surface area contributed by atoms with Crippen LogP contribution in [0.5, 0.6) is 0 Å². The van der Waals surface area contributed by atoms with Gasteiger partial charge in [0.15, 0.2) is 0 Å². The van der Waals surface area contributed by atoms with E-state index in [0.717, 1.165) is 28.9 Å². The van der Waals surface area contributed by atoms with Crippen LogP contribution in [0, 0.1) is 6.92 Å². The summed E-state index contributed by atoms with van der Waals surface area (Å²) in [6, 6.07) is 19.5. The summed E-state index contributed by atoms with van der Waals surface area (Å²) >= 11 is 6.22. The van der Waals surface area contributed by atoms with Gasteiger partial charge in [-0.3, -0.25) is 4.79 Å². The molecule has 3 aromatic rings. The first-order valence-electron chi connectivity index (χ1n) is 8.42. The van der Waals surface area contributed by atoms with Crippen molar-refractivity contribution in [3.63, 3.8) is 0 Å². The third kappa shape index (κ3) is 2.85. The Morgan fingerprint density at radius 1 is 1.04 bits per heavy atom. The number of aryl methyl sites for hydroxylation is 1. The average Bonchev–Trinajstić information content (AvgIpc) is 3.09. The van der Waals surface area contributed by atoms with Gasteiger partial charge in [0.25, 0.3) is 5.91 Å². The van der Waals surface area contributed by atoms with E-state index < -0.39 is 0 Å². The smallest absolute Gasteiger partial charge is 0.255 e. The van der Waals surface area contributed by atoms with Crippen molar-refractivity contribution in [3.05, 3.63) is 94.3 Å². The fraction of sp³-hybridized carbons (Fsp3) is 0.190. The first-order valence-corrected chi connectivity index (χ1v) is 8.80. The summed E-state index contributed by atoms with van der Waals surface area (Å²) in [4.78, 5) is 15.3. The van der Waals surface area contributed by atoms with Crippen molar-refractivity contribution in [2.24, 2.45) is 0 Å². The second kappa shape index (κ2) is 6.41. The van der Waals surface area contributed by atoms with Crippen LogP contribution >= 0.6 is 11.6 Å². The van der Waals surface area contributed by atoms with Gasteiger partial charge in [-0.2, -0.15) is 0 Å². The molecule has 2 heterocycles. The third-order valence-corrected chi connectivity index (χ3v) is 5.07. The number of carbonyl (C=O) groups is 1. The van der Waals surface area contributed by atoms with Crippen LogP contribution in [-0.2, 0) is 6.54 Å². The van der Waals surface area contributed by atoms with Gasteiger partial charge in [-0.15, -0.1) is 0 Å². The first kappa shape index (κ1) is 16.0. The van der Waals surface area contributed by atoms with Crippen LogP contribution < -0.4 is 0 Å². The number of hydrogen-bond donors (Lipinski definition) is 0. The molecule has 2 aromatic carbocycles. The molecule has 1 aliphatic heterocycles. The molecule has 126 valence electrons. The summed E-state index contributed by atoms with van der Waals surface area (Å²) in [6.07, 6.45) is 2.07. The first-order chi connectivity index (χ1) is 12.1. The highest BCUT2D eigenvalue weighted by Crippen LogP contribution is 2.34. The molecule has 0 N–H and O–H groups in total. The number of amides is 1. The van der Waals surface area contributed by atoms with Gasteiger partial charge in [0, 0.05) is 35.6 Å². The number of halogens is 1. The normalized spacial score (nSPS) is 16.6. The fourth-order valence-corrected chi connectivity index (χ4v) is 3.80. The van der Waals surface area contributed by atoms with E-state index in [-0.39, 0.29) is 11.9 Å². The zero-order chi connectivity index (χ0) is 17.4. The second-order valence-corrected chi connectivity index (χ2v) is 6.83. The average molecular weight is 351 g/mol. The van der Waals surface area contributed by atoms with Crippen LogP contribution in [-0.4, -0.2) is 21.9 Å². The molecule has 1 aromatic heterocycles. The van der Waals surface area contributed by atoms with E-state index in [1.54, 1.807) is 0 Å². The Morgan fingerprint density at radius 3 is 2.68 bits per heavy atom. The van der Waals surface area contributed by atoms with Gasteiger partial charge in [0.1, 0.15) is 0 Å². The molecule has 0 saturated carbocycles. The molecule has 3 nitrogen and oxygen atoms in total. The van der Waals surface area contributed by atoms with Crippen LogP contribution in [0.3, 0.4) is 0 Å². The van der Waals surface area contributed by atoms with Gasteiger partial charge in [-0.1, -0.05) is 41.9 Å². The van der Waals surface area contributed by atoms with E-state index in [1.807, 2.05) is 66.4 Å². The molecule has 0 aliphatic carbocycles. The molecule has 25 heavy (non-hydrogen) atoms. The quantitative estimate of drug-likeness (QED) is 0.658. The largest absolute Gasteiger partial charge is 0.348 e. The highest BCUT2D eigenvalue weighted by Gasteiger charge is 2.33. The highest BCUT2D eigenvalue weighted by molar-refractivity contribution is 6.30. The Labute approximate surface area is 152 Å². The zero-order valence-electron chi connectivity index (χ0n) is 14.0. The number of rotatable bonds is 2. The predicted molar refractivity (Wildman–Crippen MR) is 99.9 cm³/mol. The maximum Gasteiger partial charge on any atom is 0.255 e.